The molecule has 4 N–H and O–H groups in total. The Labute approximate surface area is 669 Å². The van der Waals surface area contributed by atoms with Gasteiger partial charge in [-0.25, -0.2) is 20.0 Å². The van der Waals surface area contributed by atoms with Gasteiger partial charge in [-0.15, -0.1) is 45.3 Å². The minimum Gasteiger partial charge on any atom is -0.354 e. The van der Waals surface area contributed by atoms with Crippen LogP contribution in [0.4, 0.5) is 0 Å². The van der Waals surface area contributed by atoms with Crippen molar-refractivity contribution in [2.75, 3.05) is 0 Å². The molecule has 4 aromatic carbocycles. The molecule has 0 fully saturated rings. The number of aryl methyl sites for hydroxylation is 4. The number of aliphatic imine (C=N–C) groups is 4. The van der Waals surface area contributed by atoms with Crippen molar-refractivity contribution < 1.29 is 0 Å². The van der Waals surface area contributed by atoms with Gasteiger partial charge in [-0.2, -0.15) is 0 Å². The van der Waals surface area contributed by atoms with Gasteiger partial charge in [0, 0.05) is 33.4 Å². The van der Waals surface area contributed by atoms with E-state index in [0.717, 1.165) is 263 Å². The first kappa shape index (κ1) is 72.9. The van der Waals surface area contributed by atoms with E-state index >= 15 is 0 Å². The molecule has 14 heterocycles. The Hall–Kier alpha value is -10.6. The summed E-state index contributed by atoms with van der Waals surface area (Å²) >= 11 is 7.35. The molecule has 0 saturated carbocycles. The van der Waals surface area contributed by atoms with E-state index in [4.69, 9.17) is 20.0 Å². The molecule has 6 aliphatic rings. The zero-order chi connectivity index (χ0) is 76.1. The molecule has 112 heavy (non-hydrogen) atoms. The van der Waals surface area contributed by atoms with Gasteiger partial charge in [-0.1, -0.05) is 228 Å². The monoisotopic (exact) mass is 1530 g/mol. The molecular formula is C100H94N8S4. The molecule has 8 nitrogen and oxygen atoms in total. The average molecular weight is 1540 g/mol. The topological polar surface area (TPSA) is 113 Å². The van der Waals surface area contributed by atoms with Crippen LogP contribution in [-0.4, -0.2) is 42.8 Å². The third-order valence-corrected chi connectivity index (χ3v) is 26.9. The van der Waals surface area contributed by atoms with E-state index in [9.17, 15) is 0 Å². The zero-order valence-electron chi connectivity index (χ0n) is 65.4. The number of allylic oxidation sites excluding steroid dienone is 4. The van der Waals surface area contributed by atoms with Crippen LogP contribution < -0.4 is 39.5 Å². The van der Waals surface area contributed by atoms with Gasteiger partial charge in [0.15, 0.2) is 0 Å². The molecule has 18 rings (SSSR count). The molecule has 24 bridgehead atoms. The van der Waals surface area contributed by atoms with E-state index in [-0.39, 0.29) is 0 Å². The molecule has 12 aromatic rings. The highest BCUT2D eigenvalue weighted by Crippen LogP contribution is 2.47. The molecule has 12 heteroatoms. The van der Waals surface area contributed by atoms with Crippen LogP contribution in [0.5, 0.6) is 0 Å². The Morgan fingerprint density at radius 3 is 0.795 bits per heavy atom. The highest BCUT2D eigenvalue weighted by atomic mass is 32.1. The fourth-order valence-corrected chi connectivity index (χ4v) is 21.4. The maximum absolute atomic E-state index is 6.43. The van der Waals surface area contributed by atoms with Crippen molar-refractivity contribution in [2.24, 2.45) is 20.0 Å². The molecule has 0 radical (unpaired) electrons. The van der Waals surface area contributed by atoms with E-state index in [0.29, 0.717) is 0 Å². The van der Waals surface area contributed by atoms with Crippen molar-refractivity contribution in [3.8, 4) is 0 Å². The highest BCUT2D eigenvalue weighted by molar-refractivity contribution is 7.09. The molecule has 0 amide bonds. The summed E-state index contributed by atoms with van der Waals surface area (Å²) in [6.45, 7) is 18.5. The van der Waals surface area contributed by atoms with Gasteiger partial charge in [-0.3, -0.25) is 0 Å². The number of fused-ring (bicyclic) bond motifs is 20. The predicted molar refractivity (Wildman–Crippen MR) is 473 cm³/mol. The van der Waals surface area contributed by atoms with Crippen LogP contribution in [0.2, 0.25) is 0 Å². The van der Waals surface area contributed by atoms with Gasteiger partial charge in [0.05, 0.1) is 125 Å². The summed E-state index contributed by atoms with van der Waals surface area (Å²) in [4.78, 5) is 41.3. The van der Waals surface area contributed by atoms with Crippen LogP contribution in [0.25, 0.3) is 45.1 Å². The summed E-state index contributed by atoms with van der Waals surface area (Å²) in [7, 11) is 0. The van der Waals surface area contributed by atoms with Gasteiger partial charge in [0.1, 0.15) is 0 Å². The number of rotatable bonds is 21. The van der Waals surface area contributed by atoms with Crippen LogP contribution in [-0.2, 0) is 25.7 Å². The third kappa shape index (κ3) is 13.3. The number of benzene rings is 4. The normalized spacial score (nSPS) is 15.3. The molecule has 0 spiro atoms. The quantitative estimate of drug-likeness (QED) is 0.0549. The summed E-state index contributed by atoms with van der Waals surface area (Å²) in [6.07, 6.45) is 19.4. The first-order chi connectivity index (χ1) is 55.2. The van der Waals surface area contributed by atoms with Crippen LogP contribution in [0.3, 0.4) is 0 Å². The van der Waals surface area contributed by atoms with E-state index < -0.39 is 0 Å². The van der Waals surface area contributed by atoms with Crippen LogP contribution >= 0.6 is 45.3 Å². The van der Waals surface area contributed by atoms with Crippen molar-refractivity contribution in [2.45, 2.75) is 158 Å². The molecule has 8 aromatic heterocycles. The number of nitrogens with zero attached hydrogens (tertiary/aromatic N) is 4. The lowest BCUT2D eigenvalue weighted by molar-refractivity contribution is 0.914. The minimum atomic E-state index is 0.773. The van der Waals surface area contributed by atoms with Gasteiger partial charge >= 0.3 is 0 Å². The Kier molecular flexibility index (Phi) is 20.5. The van der Waals surface area contributed by atoms with Gasteiger partial charge in [0.25, 0.3) is 0 Å². The fraction of sp³-hybridized carbons (Fsp3) is 0.240. The number of H-pyrrole nitrogens is 4. The fourth-order valence-electron chi connectivity index (χ4n) is 17.6. The maximum Gasteiger partial charge on any atom is 0.0892 e. The maximum atomic E-state index is 6.43. The van der Waals surface area contributed by atoms with Crippen molar-refractivity contribution in [1.82, 2.24) is 19.9 Å². The summed E-state index contributed by atoms with van der Waals surface area (Å²) < 4.78 is 9.20. The number of hydrogen-bond acceptors (Lipinski definition) is 8. The van der Waals surface area contributed by atoms with E-state index in [1.807, 2.05) is 45.3 Å². The molecule has 0 atom stereocenters. The standard InChI is InChI=1S/C100H94N8S4/c1-9-29-63-53-71-77-45-47-79(109-77)73-57-67(33-13-5)95(105-73)87(61-41-25-19-26-42-61)97-69(35-15-7)89(99(107-97)83-51-49-81(111-83)75-55-65(31-11-3)93(103-75)85(91(63)101-71)59-37-21-17-22-38-59)90-70(36-16-8)98-88(62-43-27-20-28-44-62)96-68(34-14-6)58-74(106-96)80-48-46-78(110-80)72-54-64(30-10-2)92(102-72)86(60-39-23-18-24-40-60)94-66(32-12-4)56-76(104-94)82-50-52-84(112-82)100(90)108-98/h17-28,37-58,103-106H,9-16,29-36H2,1-8H3. The second-order valence-electron chi connectivity index (χ2n) is 30.3. The van der Waals surface area contributed by atoms with Crippen molar-refractivity contribution >= 4 is 113 Å². The number of aromatic amines is 4. The predicted octanol–water partition coefficient (Wildman–Crippen LogP) is 19.0. The third-order valence-electron chi connectivity index (χ3n) is 22.4. The van der Waals surface area contributed by atoms with E-state index in [1.54, 1.807) is 0 Å². The second kappa shape index (κ2) is 31.5. The Morgan fingerprint density at radius 1 is 0.250 bits per heavy atom. The SMILES string of the molecule is CCCC1=CC2=c3ccc(s3)=c3cc(CCC)c([nH]3)=C(c3ccccc3)C3=NC(=c4ccc(s4)=c4cc(CCC)c([nH]4)=C(c4ccccc4)C1=N2)C(C1=C(CCC)C2=NC1=c1ccc(s1)=c1cc(CCC)c([nH]1)=C(c1ccccc1)C1=NC(=c4ccc(s4)=c4cc(CCC)c([nH]4)=C2c2ccccc2)C=C1CCC)=C3CCC. The van der Waals surface area contributed by atoms with Gasteiger partial charge in [0.2, 0.25) is 0 Å². The number of nitrogens with one attached hydrogen (secondary N) is 4. The molecule has 0 saturated heterocycles. The number of thiophene rings is 4. The average Bonchev–Trinajstić information content (AvgIpc) is 1.57. The van der Waals surface area contributed by atoms with Crippen molar-refractivity contribution in [3.05, 3.63) is 363 Å². The molecule has 558 valence electrons. The van der Waals surface area contributed by atoms with Crippen LogP contribution in [0.1, 0.15) is 177 Å². The molecule has 0 unspecified atom stereocenters. The summed E-state index contributed by atoms with van der Waals surface area (Å²) in [5, 5.41) is 8.89. The Bertz CT molecular complexity index is 6640. The van der Waals surface area contributed by atoms with Gasteiger partial charge < -0.3 is 19.9 Å². The zero-order valence-corrected chi connectivity index (χ0v) is 68.6. The van der Waals surface area contributed by atoms with Gasteiger partial charge in [-0.05, 0) is 203 Å². The lowest BCUT2D eigenvalue weighted by Gasteiger charge is -2.17. The first-order valence-corrected chi connectivity index (χ1v) is 44.2. The Balaban J connectivity index is 1.04. The summed E-state index contributed by atoms with van der Waals surface area (Å²) in [6, 6.07) is 72.9. The van der Waals surface area contributed by atoms with E-state index in [1.165, 1.54) is 64.8 Å². The molecular weight excluding hydrogens is 1440 g/mol. The molecule has 0 aliphatic carbocycles. The smallest absolute Gasteiger partial charge is 0.0892 e. The minimum absolute atomic E-state index is 0.773. The second-order valence-corrected chi connectivity index (χ2v) is 34.6. The Morgan fingerprint density at radius 2 is 0.509 bits per heavy atom. The lowest BCUT2D eigenvalue weighted by atomic mass is 9.84. The number of aromatic nitrogens is 4. The van der Waals surface area contributed by atoms with Crippen LogP contribution in [0, 0.1) is 39.5 Å². The first-order valence-electron chi connectivity index (χ1n) is 40.9. The summed E-state index contributed by atoms with van der Waals surface area (Å²) in [5.74, 6) is 0. The van der Waals surface area contributed by atoms with Crippen molar-refractivity contribution in [3.63, 3.8) is 0 Å². The largest absolute Gasteiger partial charge is 0.354 e. The van der Waals surface area contributed by atoms with Crippen molar-refractivity contribution in [1.29, 1.82) is 0 Å². The lowest BCUT2D eigenvalue weighted by Crippen LogP contribution is -2.21. The number of hydrogen-bond donors (Lipinski definition) is 4. The van der Waals surface area contributed by atoms with Crippen LogP contribution in [0.15, 0.2) is 260 Å². The summed E-state index contributed by atoms with van der Waals surface area (Å²) in [5.41, 5.74) is 29.7. The molecule has 6 aliphatic heterocycles. The highest BCUT2D eigenvalue weighted by Gasteiger charge is 2.38. The van der Waals surface area contributed by atoms with E-state index in [2.05, 4.69) is 282 Å².